The number of methoxy groups -OCH3 is 1. The van der Waals surface area contributed by atoms with Gasteiger partial charge in [0, 0.05) is 18.1 Å². The molecule has 0 aliphatic carbocycles. The largest absolute Gasteiger partial charge is 0.495 e. The number of nitrogens with zero attached hydrogens (tertiary/aromatic N) is 2. The molecular weight excluding hydrogens is 502 g/mol. The number of benzene rings is 2. The summed E-state index contributed by atoms with van der Waals surface area (Å²) in [6.45, 7) is 2.13. The van der Waals surface area contributed by atoms with Crippen LogP contribution in [0.3, 0.4) is 0 Å². The van der Waals surface area contributed by atoms with Crippen molar-refractivity contribution < 1.29 is 26.4 Å². The van der Waals surface area contributed by atoms with Crippen LogP contribution in [-0.4, -0.2) is 60.0 Å². The molecule has 1 aliphatic heterocycles. The van der Waals surface area contributed by atoms with Gasteiger partial charge in [0.1, 0.15) is 12.3 Å². The quantitative estimate of drug-likeness (QED) is 0.561. The summed E-state index contributed by atoms with van der Waals surface area (Å²) in [5.74, 6) is -0.428. The summed E-state index contributed by atoms with van der Waals surface area (Å²) in [5, 5.41) is 2.95. The highest BCUT2D eigenvalue weighted by Crippen LogP contribution is 2.30. The molecule has 2 aromatic rings. The molecule has 0 atom stereocenters. The van der Waals surface area contributed by atoms with Crippen LogP contribution in [0.2, 0.25) is 5.02 Å². The second kappa shape index (κ2) is 10.5. The standard InChI is InChI=1S/C22H28ClN3O6S2/c1-16-7-8-17(13-19(16)23)26(33(3,28)29)15-22(27)24-20-14-18(9-10-21(20)32-2)34(30,31)25-11-5-4-6-12-25/h7-10,13-14H,4-6,11-12,15H2,1-3H3,(H,24,27). The van der Waals surface area contributed by atoms with Crippen LogP contribution >= 0.6 is 11.6 Å². The molecule has 1 saturated heterocycles. The first kappa shape index (κ1) is 26.3. The highest BCUT2D eigenvalue weighted by Gasteiger charge is 2.27. The lowest BCUT2D eigenvalue weighted by molar-refractivity contribution is -0.114. The molecule has 1 fully saturated rings. The Hall–Kier alpha value is -2.34. The fraction of sp³-hybridized carbons (Fsp3) is 0.409. The van der Waals surface area contributed by atoms with E-state index in [-0.39, 0.29) is 22.0 Å². The number of nitrogens with one attached hydrogen (secondary N) is 1. The second-order valence-corrected chi connectivity index (χ2v) is 12.3. The first-order valence-electron chi connectivity index (χ1n) is 10.7. The zero-order valence-corrected chi connectivity index (χ0v) is 21.6. The number of halogens is 1. The van der Waals surface area contributed by atoms with Crippen LogP contribution in [0.25, 0.3) is 0 Å². The van der Waals surface area contributed by atoms with E-state index in [2.05, 4.69) is 5.32 Å². The predicted molar refractivity (Wildman–Crippen MR) is 133 cm³/mol. The smallest absolute Gasteiger partial charge is 0.245 e. The minimum atomic E-state index is -3.82. The van der Waals surface area contributed by atoms with E-state index in [1.807, 2.05) is 0 Å². The topological polar surface area (TPSA) is 113 Å². The van der Waals surface area contributed by atoms with Gasteiger partial charge in [-0.15, -0.1) is 0 Å². The molecule has 34 heavy (non-hydrogen) atoms. The van der Waals surface area contributed by atoms with E-state index < -0.39 is 32.5 Å². The Balaban J connectivity index is 1.87. The maximum absolute atomic E-state index is 13.1. The molecule has 1 aliphatic rings. The first-order valence-corrected chi connectivity index (χ1v) is 14.3. The normalized spacial score (nSPS) is 15.1. The minimum Gasteiger partial charge on any atom is -0.495 e. The fourth-order valence-corrected chi connectivity index (χ4v) is 6.22. The molecule has 0 aromatic heterocycles. The number of piperidine rings is 1. The van der Waals surface area contributed by atoms with Crippen molar-refractivity contribution >= 4 is 48.9 Å². The average Bonchev–Trinajstić information content (AvgIpc) is 2.79. The Kier molecular flexibility index (Phi) is 8.12. The van der Waals surface area contributed by atoms with Gasteiger partial charge in [0.15, 0.2) is 0 Å². The van der Waals surface area contributed by atoms with E-state index in [4.69, 9.17) is 16.3 Å². The van der Waals surface area contributed by atoms with Gasteiger partial charge >= 0.3 is 0 Å². The van der Waals surface area contributed by atoms with E-state index in [9.17, 15) is 21.6 Å². The van der Waals surface area contributed by atoms with Crippen LogP contribution in [-0.2, 0) is 24.8 Å². The minimum absolute atomic E-state index is 0.0239. The molecule has 0 spiro atoms. The molecular formula is C22H28ClN3O6S2. The number of aryl methyl sites for hydroxylation is 1. The number of ether oxygens (including phenoxy) is 1. The van der Waals surface area contributed by atoms with E-state index in [1.54, 1.807) is 19.1 Å². The monoisotopic (exact) mass is 529 g/mol. The Morgan fingerprint density at radius 3 is 2.35 bits per heavy atom. The highest BCUT2D eigenvalue weighted by atomic mass is 35.5. The van der Waals surface area contributed by atoms with Gasteiger partial charge in [-0.25, -0.2) is 16.8 Å². The van der Waals surface area contributed by atoms with E-state index in [0.29, 0.717) is 18.1 Å². The third kappa shape index (κ3) is 6.01. The van der Waals surface area contributed by atoms with Crippen LogP contribution in [0.4, 0.5) is 11.4 Å². The Morgan fingerprint density at radius 2 is 1.76 bits per heavy atom. The predicted octanol–water partition coefficient (Wildman–Crippen LogP) is 3.24. The molecule has 9 nitrogen and oxygen atoms in total. The van der Waals surface area contributed by atoms with Crippen molar-refractivity contribution in [3.63, 3.8) is 0 Å². The first-order chi connectivity index (χ1) is 15.9. The summed E-state index contributed by atoms with van der Waals surface area (Å²) >= 11 is 6.14. The number of carbonyl (C=O) groups is 1. The van der Waals surface area contributed by atoms with Gasteiger partial charge in [-0.3, -0.25) is 9.10 Å². The molecule has 1 amide bonds. The molecule has 1 N–H and O–H groups in total. The van der Waals surface area contributed by atoms with Crippen LogP contribution in [0.1, 0.15) is 24.8 Å². The number of amides is 1. The number of sulfonamides is 2. The summed E-state index contributed by atoms with van der Waals surface area (Å²) in [5.41, 5.74) is 1.13. The van der Waals surface area contributed by atoms with Gasteiger partial charge in [0.2, 0.25) is 26.0 Å². The summed E-state index contributed by atoms with van der Waals surface area (Å²) in [6.07, 6.45) is 3.56. The Morgan fingerprint density at radius 1 is 1.09 bits per heavy atom. The van der Waals surface area contributed by atoms with Crippen LogP contribution in [0, 0.1) is 6.92 Å². The summed E-state index contributed by atoms with van der Waals surface area (Å²) in [7, 11) is -6.16. The van der Waals surface area contributed by atoms with E-state index in [0.717, 1.165) is 35.4 Å². The van der Waals surface area contributed by atoms with Gasteiger partial charge in [-0.2, -0.15) is 4.31 Å². The molecule has 12 heteroatoms. The summed E-state index contributed by atoms with van der Waals surface area (Å²) in [4.78, 5) is 12.9. The molecule has 0 saturated carbocycles. The van der Waals surface area contributed by atoms with Crippen LogP contribution < -0.4 is 14.4 Å². The number of rotatable bonds is 8. The number of hydrogen-bond donors (Lipinski definition) is 1. The maximum atomic E-state index is 13.1. The van der Waals surface area contributed by atoms with Crippen LogP contribution in [0.5, 0.6) is 5.75 Å². The molecule has 3 rings (SSSR count). The lowest BCUT2D eigenvalue weighted by Crippen LogP contribution is -2.37. The van der Waals surface area contributed by atoms with Crippen molar-refractivity contribution in [3.8, 4) is 5.75 Å². The summed E-state index contributed by atoms with van der Waals surface area (Å²) < 4.78 is 58.5. The lowest BCUT2D eigenvalue weighted by atomic mass is 10.2. The fourth-order valence-electron chi connectivity index (χ4n) is 3.66. The SMILES string of the molecule is COc1ccc(S(=O)(=O)N2CCCCC2)cc1NC(=O)CN(c1ccc(C)c(Cl)c1)S(C)(=O)=O. The lowest BCUT2D eigenvalue weighted by Gasteiger charge is -2.26. The number of anilines is 2. The molecule has 0 unspecified atom stereocenters. The molecule has 0 radical (unpaired) electrons. The molecule has 0 bridgehead atoms. The van der Waals surface area contributed by atoms with Gasteiger partial charge < -0.3 is 10.1 Å². The van der Waals surface area contributed by atoms with Gasteiger partial charge in [-0.1, -0.05) is 24.1 Å². The maximum Gasteiger partial charge on any atom is 0.245 e. The van der Waals surface area contributed by atoms with E-state index in [1.165, 1.54) is 35.7 Å². The van der Waals surface area contributed by atoms with Crippen molar-refractivity contribution in [2.24, 2.45) is 0 Å². The zero-order chi connectivity index (χ0) is 25.1. The van der Waals surface area contributed by atoms with Crippen molar-refractivity contribution in [1.29, 1.82) is 0 Å². The molecule has 2 aromatic carbocycles. The second-order valence-electron chi connectivity index (χ2n) is 8.08. The van der Waals surface area contributed by atoms with E-state index >= 15 is 0 Å². The zero-order valence-electron chi connectivity index (χ0n) is 19.2. The Labute approximate surface area is 205 Å². The molecule has 1 heterocycles. The third-order valence-electron chi connectivity index (χ3n) is 5.53. The third-order valence-corrected chi connectivity index (χ3v) is 8.97. The average molecular weight is 530 g/mol. The van der Waals surface area contributed by atoms with Crippen molar-refractivity contribution in [1.82, 2.24) is 4.31 Å². The Bertz CT molecular complexity index is 1280. The number of carbonyl (C=O) groups excluding carboxylic acids is 1. The van der Waals surface area contributed by atoms with Crippen molar-refractivity contribution in [2.75, 3.05) is 42.6 Å². The molecule has 186 valence electrons. The van der Waals surface area contributed by atoms with Crippen LogP contribution in [0.15, 0.2) is 41.3 Å². The number of hydrogen-bond acceptors (Lipinski definition) is 6. The van der Waals surface area contributed by atoms with Gasteiger partial charge in [-0.05, 0) is 55.7 Å². The van der Waals surface area contributed by atoms with Gasteiger partial charge in [0.05, 0.1) is 29.6 Å². The summed E-state index contributed by atoms with van der Waals surface area (Å²) in [6, 6.07) is 8.90. The van der Waals surface area contributed by atoms with Gasteiger partial charge in [0.25, 0.3) is 0 Å². The van der Waals surface area contributed by atoms with Crippen molar-refractivity contribution in [3.05, 3.63) is 47.0 Å². The highest BCUT2D eigenvalue weighted by molar-refractivity contribution is 7.92. The van der Waals surface area contributed by atoms with Crippen molar-refractivity contribution in [2.45, 2.75) is 31.1 Å².